The number of hydrogen-bond donors (Lipinski definition) is 2. The molecule has 1 aliphatic rings. The van der Waals surface area contributed by atoms with E-state index in [1.165, 1.54) is 12.6 Å². The van der Waals surface area contributed by atoms with Crippen LogP contribution in [-0.4, -0.2) is 33.9 Å². The van der Waals surface area contributed by atoms with E-state index in [1.807, 2.05) is 24.3 Å². The molecule has 3 rings (SSSR count). The van der Waals surface area contributed by atoms with E-state index in [0.29, 0.717) is 0 Å². The third-order valence-corrected chi connectivity index (χ3v) is 6.19. The van der Waals surface area contributed by atoms with Gasteiger partial charge in [-0.2, -0.15) is 0 Å². The molecule has 0 fully saturated rings. The number of amides is 1. The second kappa shape index (κ2) is 8.71. The topological polar surface area (TPSA) is 102 Å². The average Bonchev–Trinajstić information content (AvgIpc) is 2.72. The van der Waals surface area contributed by atoms with Crippen LogP contribution in [0.25, 0.3) is 0 Å². The molecule has 1 atom stereocenters. The molecule has 0 saturated carbocycles. The van der Waals surface area contributed by atoms with Gasteiger partial charge in [-0.05, 0) is 55.6 Å². The van der Waals surface area contributed by atoms with E-state index < -0.39 is 39.9 Å². The van der Waals surface area contributed by atoms with Crippen molar-refractivity contribution in [1.82, 2.24) is 10.0 Å². The summed E-state index contributed by atoms with van der Waals surface area (Å²) in [5.41, 5.74) is 1.65. The molecule has 29 heavy (non-hydrogen) atoms. The summed E-state index contributed by atoms with van der Waals surface area (Å²) in [5, 5.41) is 2.83. The molecule has 0 radical (unpaired) electrons. The van der Waals surface area contributed by atoms with Gasteiger partial charge < -0.3 is 10.1 Å². The van der Waals surface area contributed by atoms with Gasteiger partial charge in [0.15, 0.2) is 6.61 Å². The molecule has 1 amide bonds. The number of halogens is 1. The normalized spacial score (nSPS) is 16.0. The fraction of sp³-hybridized carbons (Fsp3) is 0.300. The van der Waals surface area contributed by atoms with Gasteiger partial charge in [-0.25, -0.2) is 22.3 Å². The Labute approximate surface area is 168 Å². The van der Waals surface area contributed by atoms with E-state index >= 15 is 0 Å². The van der Waals surface area contributed by atoms with Gasteiger partial charge in [0.25, 0.3) is 5.91 Å². The fourth-order valence-electron chi connectivity index (χ4n) is 3.29. The van der Waals surface area contributed by atoms with Crippen LogP contribution < -0.4 is 10.0 Å². The Morgan fingerprint density at radius 3 is 2.72 bits per heavy atom. The lowest BCUT2D eigenvalue weighted by Crippen LogP contribution is -2.34. The van der Waals surface area contributed by atoms with E-state index in [1.54, 1.807) is 0 Å². The van der Waals surface area contributed by atoms with Gasteiger partial charge in [-0.1, -0.05) is 24.3 Å². The zero-order valence-electron chi connectivity index (χ0n) is 15.8. The minimum Gasteiger partial charge on any atom is -0.452 e. The number of sulfonamides is 1. The van der Waals surface area contributed by atoms with Gasteiger partial charge in [0.1, 0.15) is 5.82 Å². The summed E-state index contributed by atoms with van der Waals surface area (Å²) < 4.78 is 44.6. The second-order valence-electron chi connectivity index (χ2n) is 6.64. The van der Waals surface area contributed by atoms with Gasteiger partial charge in [-0.15, -0.1) is 0 Å². The van der Waals surface area contributed by atoms with E-state index in [9.17, 15) is 22.4 Å². The highest BCUT2D eigenvalue weighted by molar-refractivity contribution is 7.89. The maximum atomic E-state index is 14.0. The Bertz CT molecular complexity index is 1040. The Morgan fingerprint density at radius 1 is 1.21 bits per heavy atom. The van der Waals surface area contributed by atoms with E-state index in [4.69, 9.17) is 4.74 Å². The first-order chi connectivity index (χ1) is 13.8. The van der Waals surface area contributed by atoms with Crippen molar-refractivity contribution in [2.24, 2.45) is 0 Å². The first-order valence-electron chi connectivity index (χ1n) is 9.09. The highest BCUT2D eigenvalue weighted by atomic mass is 32.2. The molecular weight excluding hydrogens is 399 g/mol. The molecule has 0 spiro atoms. The number of ether oxygens (including phenoxy) is 1. The van der Waals surface area contributed by atoms with Crippen LogP contribution in [-0.2, 0) is 26.0 Å². The maximum absolute atomic E-state index is 14.0. The van der Waals surface area contributed by atoms with E-state index in [-0.39, 0.29) is 10.9 Å². The lowest BCUT2D eigenvalue weighted by atomic mass is 9.88. The Kier molecular flexibility index (Phi) is 6.29. The molecule has 154 valence electrons. The van der Waals surface area contributed by atoms with Gasteiger partial charge >= 0.3 is 5.97 Å². The van der Waals surface area contributed by atoms with Crippen molar-refractivity contribution in [3.8, 4) is 0 Å². The highest BCUT2D eigenvalue weighted by Crippen LogP contribution is 2.29. The van der Waals surface area contributed by atoms with Crippen LogP contribution in [0, 0.1) is 5.82 Å². The number of benzene rings is 2. The van der Waals surface area contributed by atoms with E-state index in [2.05, 4.69) is 10.0 Å². The van der Waals surface area contributed by atoms with Crippen LogP contribution >= 0.6 is 0 Å². The maximum Gasteiger partial charge on any atom is 0.341 e. The molecule has 0 heterocycles. The minimum atomic E-state index is -3.85. The number of esters is 1. The molecule has 7 nitrogen and oxygen atoms in total. The fourth-order valence-corrected chi connectivity index (χ4v) is 4.05. The van der Waals surface area contributed by atoms with Gasteiger partial charge in [0.2, 0.25) is 10.0 Å². The minimum absolute atomic E-state index is 0.174. The number of carbonyl (C=O) groups excluding carboxylic acids is 2. The SMILES string of the molecule is CNS(=O)(=O)c1ccc(F)c(C(=O)OCC(=O)NC2CCCc3ccccc32)c1. The molecule has 0 bridgehead atoms. The first-order valence-corrected chi connectivity index (χ1v) is 10.6. The molecule has 1 unspecified atom stereocenters. The van der Waals surface area contributed by atoms with Crippen LogP contribution in [0.4, 0.5) is 4.39 Å². The number of carbonyl (C=O) groups is 2. The van der Waals surface area contributed by atoms with Crippen LogP contribution in [0.3, 0.4) is 0 Å². The quantitative estimate of drug-likeness (QED) is 0.697. The summed E-state index contributed by atoms with van der Waals surface area (Å²) in [5.74, 6) is -2.57. The lowest BCUT2D eigenvalue weighted by molar-refractivity contribution is -0.125. The molecule has 2 N–H and O–H groups in total. The van der Waals surface area contributed by atoms with Gasteiger partial charge in [-0.3, -0.25) is 4.79 Å². The number of nitrogens with one attached hydrogen (secondary N) is 2. The molecular formula is C20H21FN2O5S. The van der Waals surface area contributed by atoms with Crippen molar-refractivity contribution >= 4 is 21.9 Å². The number of rotatable bonds is 6. The highest BCUT2D eigenvalue weighted by Gasteiger charge is 2.23. The largest absolute Gasteiger partial charge is 0.452 e. The van der Waals surface area contributed by atoms with Gasteiger partial charge in [0.05, 0.1) is 16.5 Å². The molecule has 2 aromatic rings. The summed E-state index contributed by atoms with van der Waals surface area (Å²) in [6.45, 7) is -0.597. The Hall–Kier alpha value is -2.78. The molecule has 1 aliphatic carbocycles. The van der Waals surface area contributed by atoms with Crippen LogP contribution in [0.1, 0.15) is 40.4 Å². The van der Waals surface area contributed by atoms with Crippen molar-refractivity contribution in [3.05, 3.63) is 65.0 Å². The zero-order valence-corrected chi connectivity index (χ0v) is 16.6. The van der Waals surface area contributed by atoms with Crippen molar-refractivity contribution in [2.45, 2.75) is 30.2 Å². The molecule has 9 heteroatoms. The summed E-state index contributed by atoms with van der Waals surface area (Å²) in [6.07, 6.45) is 2.65. The Morgan fingerprint density at radius 2 is 1.97 bits per heavy atom. The monoisotopic (exact) mass is 420 g/mol. The number of hydrogen-bond acceptors (Lipinski definition) is 5. The van der Waals surface area contributed by atoms with Crippen LogP contribution in [0.15, 0.2) is 47.4 Å². The molecule has 2 aromatic carbocycles. The van der Waals surface area contributed by atoms with E-state index in [0.717, 1.165) is 43.0 Å². The molecule has 0 aliphatic heterocycles. The zero-order chi connectivity index (χ0) is 21.0. The number of aryl methyl sites for hydroxylation is 1. The predicted octanol–water partition coefficient (Wildman–Crippen LogP) is 2.08. The summed E-state index contributed by atoms with van der Waals surface area (Å²) >= 11 is 0. The smallest absolute Gasteiger partial charge is 0.341 e. The molecule has 0 saturated heterocycles. The third-order valence-electron chi connectivity index (χ3n) is 4.78. The number of fused-ring (bicyclic) bond motifs is 1. The first kappa shape index (κ1) is 20.9. The lowest BCUT2D eigenvalue weighted by Gasteiger charge is -2.26. The predicted molar refractivity (Wildman–Crippen MR) is 103 cm³/mol. The average molecular weight is 420 g/mol. The summed E-state index contributed by atoms with van der Waals surface area (Å²) in [4.78, 5) is 24.1. The Balaban J connectivity index is 1.64. The summed E-state index contributed by atoms with van der Waals surface area (Å²) in [6, 6.07) is 10.4. The van der Waals surface area contributed by atoms with Crippen molar-refractivity contribution in [1.29, 1.82) is 0 Å². The summed E-state index contributed by atoms with van der Waals surface area (Å²) in [7, 11) is -2.65. The van der Waals surface area contributed by atoms with Crippen LogP contribution in [0.2, 0.25) is 0 Å². The van der Waals surface area contributed by atoms with Crippen LogP contribution in [0.5, 0.6) is 0 Å². The molecule has 0 aromatic heterocycles. The van der Waals surface area contributed by atoms with Gasteiger partial charge in [0, 0.05) is 0 Å². The standard InChI is InChI=1S/C20H21FN2O5S/c1-22-29(26,27)14-9-10-17(21)16(11-14)20(25)28-12-19(24)23-18-8-4-6-13-5-2-3-7-15(13)18/h2-3,5,7,9-11,18,22H,4,6,8,12H2,1H3,(H,23,24). The van der Waals surface area contributed by atoms with Crippen molar-refractivity contribution in [2.75, 3.05) is 13.7 Å². The van der Waals surface area contributed by atoms with Crippen molar-refractivity contribution in [3.63, 3.8) is 0 Å². The second-order valence-corrected chi connectivity index (χ2v) is 8.52. The third kappa shape index (κ3) is 4.80. The van der Waals surface area contributed by atoms with Crippen molar-refractivity contribution < 1.29 is 27.1 Å².